The van der Waals surface area contributed by atoms with Gasteiger partial charge in [0, 0.05) is 30.2 Å². The van der Waals surface area contributed by atoms with Crippen molar-refractivity contribution in [3.05, 3.63) is 35.2 Å². The van der Waals surface area contributed by atoms with Crippen LogP contribution in [0, 0.1) is 5.92 Å². The zero-order chi connectivity index (χ0) is 17.6. The van der Waals surface area contributed by atoms with Crippen molar-refractivity contribution in [1.82, 2.24) is 20.4 Å². The van der Waals surface area contributed by atoms with Crippen molar-refractivity contribution < 1.29 is 4.52 Å². The lowest BCUT2D eigenvalue weighted by molar-refractivity contribution is 0.265. The van der Waals surface area contributed by atoms with Crippen LogP contribution in [0.2, 0.25) is 5.02 Å². The zero-order valence-corrected chi connectivity index (χ0v) is 15.5. The molecule has 0 radical (unpaired) electrons. The molecule has 6 nitrogen and oxygen atoms in total. The third kappa shape index (κ3) is 4.72. The minimum absolute atomic E-state index is 0.362. The number of halogens is 1. The van der Waals surface area contributed by atoms with E-state index in [-0.39, 0.29) is 0 Å². The Bertz CT molecular complexity index is 730. The molecular weight excluding hydrogens is 338 g/mol. The summed E-state index contributed by atoms with van der Waals surface area (Å²) in [7, 11) is 0. The fourth-order valence-electron chi connectivity index (χ4n) is 3.01. The van der Waals surface area contributed by atoms with Crippen molar-refractivity contribution in [3.63, 3.8) is 0 Å². The van der Waals surface area contributed by atoms with Crippen molar-refractivity contribution in [2.45, 2.75) is 33.2 Å². The number of rotatable bonds is 4. The van der Waals surface area contributed by atoms with Crippen LogP contribution in [-0.2, 0) is 6.54 Å². The monoisotopic (exact) mass is 361 g/mol. The van der Waals surface area contributed by atoms with Gasteiger partial charge >= 0.3 is 0 Å². The highest BCUT2D eigenvalue weighted by atomic mass is 35.5. The fourth-order valence-corrected chi connectivity index (χ4v) is 3.20. The number of aromatic nitrogens is 2. The van der Waals surface area contributed by atoms with Crippen LogP contribution in [0.4, 0.5) is 0 Å². The average molecular weight is 362 g/mol. The summed E-state index contributed by atoms with van der Waals surface area (Å²) in [5, 5.41) is 8.03. The van der Waals surface area contributed by atoms with Gasteiger partial charge in [-0.15, -0.1) is 0 Å². The van der Waals surface area contributed by atoms with E-state index in [2.05, 4.69) is 39.2 Å². The molecule has 0 aliphatic carbocycles. The molecule has 0 spiro atoms. The second-order valence-electron chi connectivity index (χ2n) is 6.39. The van der Waals surface area contributed by atoms with Gasteiger partial charge in [0.25, 0.3) is 0 Å². The van der Waals surface area contributed by atoms with Gasteiger partial charge in [-0.25, -0.2) is 4.99 Å². The van der Waals surface area contributed by atoms with Gasteiger partial charge in [0.05, 0.1) is 0 Å². The summed E-state index contributed by atoms with van der Waals surface area (Å²) in [6.07, 6.45) is 2.48. The van der Waals surface area contributed by atoms with E-state index in [9.17, 15) is 0 Å². The lowest BCUT2D eigenvalue weighted by Gasteiger charge is -2.33. The number of likely N-dealkylation sites (tertiary alicyclic amines) is 1. The van der Waals surface area contributed by atoms with E-state index in [1.165, 1.54) is 12.8 Å². The van der Waals surface area contributed by atoms with Gasteiger partial charge in [0.2, 0.25) is 11.7 Å². The second-order valence-corrected chi connectivity index (χ2v) is 6.82. The Morgan fingerprint density at radius 3 is 3.12 bits per heavy atom. The molecular formula is C18H24ClN5O. The Labute approximate surface area is 153 Å². The molecule has 1 atom stereocenters. The molecule has 2 heterocycles. The second kappa shape index (κ2) is 8.34. The number of nitrogens with zero attached hydrogens (tertiary/aromatic N) is 4. The van der Waals surface area contributed by atoms with Crippen LogP contribution in [-0.4, -0.2) is 40.6 Å². The molecule has 0 amide bonds. The first-order valence-electron chi connectivity index (χ1n) is 8.77. The zero-order valence-electron chi connectivity index (χ0n) is 14.7. The van der Waals surface area contributed by atoms with Gasteiger partial charge in [0.1, 0.15) is 6.54 Å². The van der Waals surface area contributed by atoms with E-state index in [4.69, 9.17) is 16.1 Å². The summed E-state index contributed by atoms with van der Waals surface area (Å²) in [5.41, 5.74) is 0.836. The lowest BCUT2D eigenvalue weighted by Crippen LogP contribution is -2.46. The Kier molecular flexibility index (Phi) is 5.91. The van der Waals surface area contributed by atoms with Crippen LogP contribution in [0.1, 0.15) is 32.6 Å². The largest absolute Gasteiger partial charge is 0.357 e. The maximum atomic E-state index is 6.01. The van der Waals surface area contributed by atoms with Crippen molar-refractivity contribution in [3.8, 4) is 11.4 Å². The smallest absolute Gasteiger partial charge is 0.248 e. The van der Waals surface area contributed by atoms with Gasteiger partial charge in [-0.2, -0.15) is 4.98 Å². The molecule has 25 heavy (non-hydrogen) atoms. The lowest BCUT2D eigenvalue weighted by atomic mass is 10.0. The summed E-state index contributed by atoms with van der Waals surface area (Å²) in [6.45, 7) is 7.62. The van der Waals surface area contributed by atoms with Crippen LogP contribution >= 0.6 is 11.6 Å². The maximum absolute atomic E-state index is 6.01. The Balaban J connectivity index is 1.70. The summed E-state index contributed by atoms with van der Waals surface area (Å²) >= 11 is 6.01. The molecule has 1 aromatic heterocycles. The Hall–Kier alpha value is -2.08. The van der Waals surface area contributed by atoms with Crippen molar-refractivity contribution in [2.75, 3.05) is 19.6 Å². The molecule has 1 aliphatic heterocycles. The predicted molar refractivity (Wildman–Crippen MR) is 99.5 cm³/mol. The predicted octanol–water partition coefficient (Wildman–Crippen LogP) is 3.59. The van der Waals surface area contributed by atoms with E-state index in [0.29, 0.717) is 29.2 Å². The van der Waals surface area contributed by atoms with Gasteiger partial charge in [0.15, 0.2) is 5.96 Å². The van der Waals surface area contributed by atoms with Gasteiger partial charge < -0.3 is 14.7 Å². The van der Waals surface area contributed by atoms with Crippen molar-refractivity contribution in [1.29, 1.82) is 0 Å². The van der Waals surface area contributed by atoms with E-state index in [1.54, 1.807) is 0 Å². The van der Waals surface area contributed by atoms with E-state index in [1.807, 2.05) is 24.3 Å². The molecule has 134 valence electrons. The molecule has 1 fully saturated rings. The standard InChI is InChI=1S/C18H24ClN5O/c1-3-20-18(24-9-5-6-13(2)12-24)21-11-16-22-17(23-25-16)14-7-4-8-15(19)10-14/h4,7-8,10,13H,3,5-6,9,11-12H2,1-2H3,(H,20,21). The normalized spacial score (nSPS) is 18.4. The molecule has 1 N–H and O–H groups in total. The first-order chi connectivity index (χ1) is 12.2. The Morgan fingerprint density at radius 2 is 2.36 bits per heavy atom. The van der Waals surface area contributed by atoms with E-state index in [0.717, 1.165) is 31.2 Å². The maximum Gasteiger partial charge on any atom is 0.248 e. The van der Waals surface area contributed by atoms with Crippen LogP contribution in [0.5, 0.6) is 0 Å². The summed E-state index contributed by atoms with van der Waals surface area (Å²) in [6, 6.07) is 7.41. The molecule has 7 heteroatoms. The van der Waals surface area contributed by atoms with Crippen LogP contribution in [0.15, 0.2) is 33.8 Å². The molecule has 0 bridgehead atoms. The average Bonchev–Trinajstić information content (AvgIpc) is 3.07. The molecule has 1 saturated heterocycles. The number of guanidine groups is 1. The minimum Gasteiger partial charge on any atom is -0.357 e. The first-order valence-corrected chi connectivity index (χ1v) is 9.15. The molecule has 2 aromatic rings. The van der Waals surface area contributed by atoms with Crippen molar-refractivity contribution >= 4 is 17.6 Å². The van der Waals surface area contributed by atoms with E-state index >= 15 is 0 Å². The topological polar surface area (TPSA) is 66.5 Å². The first kappa shape index (κ1) is 17.7. The van der Waals surface area contributed by atoms with Crippen LogP contribution in [0.3, 0.4) is 0 Å². The summed E-state index contributed by atoms with van der Waals surface area (Å²) < 4.78 is 5.34. The number of nitrogens with one attached hydrogen (secondary N) is 1. The summed E-state index contributed by atoms with van der Waals surface area (Å²) in [4.78, 5) is 11.4. The number of piperidine rings is 1. The van der Waals surface area contributed by atoms with Crippen LogP contribution < -0.4 is 5.32 Å². The highest BCUT2D eigenvalue weighted by Gasteiger charge is 2.19. The SMILES string of the molecule is CCNC(=NCc1nc(-c2cccc(Cl)c2)no1)N1CCCC(C)C1. The van der Waals surface area contributed by atoms with Crippen LogP contribution in [0.25, 0.3) is 11.4 Å². The number of hydrogen-bond acceptors (Lipinski definition) is 4. The molecule has 1 unspecified atom stereocenters. The highest BCUT2D eigenvalue weighted by Crippen LogP contribution is 2.20. The number of benzene rings is 1. The summed E-state index contributed by atoms with van der Waals surface area (Å²) in [5.74, 6) is 2.63. The minimum atomic E-state index is 0.362. The van der Waals surface area contributed by atoms with Crippen molar-refractivity contribution in [2.24, 2.45) is 10.9 Å². The molecule has 1 aliphatic rings. The van der Waals surface area contributed by atoms with Gasteiger partial charge in [-0.3, -0.25) is 0 Å². The number of aliphatic imine (C=N–C) groups is 1. The number of hydrogen-bond donors (Lipinski definition) is 1. The third-order valence-corrected chi connectivity index (χ3v) is 4.44. The third-order valence-electron chi connectivity index (χ3n) is 4.21. The molecule has 1 aromatic carbocycles. The highest BCUT2D eigenvalue weighted by molar-refractivity contribution is 6.30. The Morgan fingerprint density at radius 1 is 1.48 bits per heavy atom. The molecule has 3 rings (SSSR count). The quantitative estimate of drug-likeness (QED) is 0.665. The van der Waals surface area contributed by atoms with Gasteiger partial charge in [-0.1, -0.05) is 35.8 Å². The van der Waals surface area contributed by atoms with Gasteiger partial charge in [-0.05, 0) is 37.8 Å². The fraction of sp³-hybridized carbons (Fsp3) is 0.500. The molecule has 0 saturated carbocycles. The van der Waals surface area contributed by atoms with E-state index < -0.39 is 0 Å².